The van der Waals surface area contributed by atoms with Gasteiger partial charge in [0.25, 0.3) is 0 Å². The normalized spacial score (nSPS) is 10.0. The van der Waals surface area contributed by atoms with Gasteiger partial charge in [-0.15, -0.1) is 10.2 Å². The highest BCUT2D eigenvalue weighted by Gasteiger charge is 2.01. The van der Waals surface area contributed by atoms with E-state index in [4.69, 9.17) is 10.5 Å². The maximum atomic E-state index is 5.61. The molecular formula is C12H14N4O. The molecule has 3 N–H and O–H groups in total. The molecule has 0 amide bonds. The van der Waals surface area contributed by atoms with Gasteiger partial charge in [0.15, 0.2) is 5.82 Å². The fourth-order valence-electron chi connectivity index (χ4n) is 1.40. The van der Waals surface area contributed by atoms with Crippen molar-refractivity contribution in [3.63, 3.8) is 0 Å². The second-order valence-electron chi connectivity index (χ2n) is 3.65. The molecule has 0 saturated carbocycles. The standard InChI is InChI=1S/C12H14N4O/c1-8-6-11(15-16-12(8)13)14-9-4-3-5-10(7-9)17-2/h3-7H,1-2H3,(H2,13,16)(H,14,15). The zero-order valence-electron chi connectivity index (χ0n) is 9.77. The molecule has 0 aliphatic carbocycles. The van der Waals surface area contributed by atoms with Gasteiger partial charge in [-0.1, -0.05) is 6.07 Å². The van der Waals surface area contributed by atoms with Crippen molar-refractivity contribution in [3.05, 3.63) is 35.9 Å². The Morgan fingerprint density at radius 1 is 1.24 bits per heavy atom. The quantitative estimate of drug-likeness (QED) is 0.844. The minimum Gasteiger partial charge on any atom is -0.497 e. The first-order chi connectivity index (χ1) is 8.19. The van der Waals surface area contributed by atoms with Gasteiger partial charge in [-0.3, -0.25) is 0 Å². The number of benzene rings is 1. The summed E-state index contributed by atoms with van der Waals surface area (Å²) in [7, 11) is 1.63. The minimum absolute atomic E-state index is 0.446. The summed E-state index contributed by atoms with van der Waals surface area (Å²) in [5.41, 5.74) is 7.39. The molecule has 0 saturated heterocycles. The molecule has 0 aliphatic rings. The number of nitrogen functional groups attached to an aromatic ring is 1. The van der Waals surface area contributed by atoms with Gasteiger partial charge in [0, 0.05) is 11.8 Å². The monoisotopic (exact) mass is 230 g/mol. The topological polar surface area (TPSA) is 73.1 Å². The predicted molar refractivity (Wildman–Crippen MR) is 67.5 cm³/mol. The van der Waals surface area contributed by atoms with Crippen molar-refractivity contribution in [2.24, 2.45) is 0 Å². The zero-order valence-corrected chi connectivity index (χ0v) is 9.77. The van der Waals surface area contributed by atoms with Crippen LogP contribution in [0.2, 0.25) is 0 Å². The molecule has 1 heterocycles. The van der Waals surface area contributed by atoms with Crippen LogP contribution in [-0.4, -0.2) is 17.3 Å². The molecule has 0 spiro atoms. The molecule has 0 atom stereocenters. The third-order valence-corrected chi connectivity index (χ3v) is 2.36. The highest BCUT2D eigenvalue weighted by Crippen LogP contribution is 2.20. The summed E-state index contributed by atoms with van der Waals surface area (Å²) in [5, 5.41) is 11.0. The van der Waals surface area contributed by atoms with Crippen LogP contribution >= 0.6 is 0 Å². The van der Waals surface area contributed by atoms with Crippen molar-refractivity contribution < 1.29 is 4.74 Å². The fraction of sp³-hybridized carbons (Fsp3) is 0.167. The maximum Gasteiger partial charge on any atom is 0.153 e. The van der Waals surface area contributed by atoms with Gasteiger partial charge in [0.1, 0.15) is 11.6 Å². The Morgan fingerprint density at radius 3 is 2.76 bits per heavy atom. The number of anilines is 3. The Balaban J connectivity index is 2.22. The van der Waals surface area contributed by atoms with Crippen LogP contribution < -0.4 is 15.8 Å². The highest BCUT2D eigenvalue weighted by atomic mass is 16.5. The van der Waals surface area contributed by atoms with E-state index in [2.05, 4.69) is 15.5 Å². The van der Waals surface area contributed by atoms with Crippen molar-refractivity contribution >= 4 is 17.3 Å². The van der Waals surface area contributed by atoms with Gasteiger partial charge in [0.2, 0.25) is 0 Å². The lowest BCUT2D eigenvalue weighted by atomic mass is 10.3. The van der Waals surface area contributed by atoms with Crippen molar-refractivity contribution in [2.75, 3.05) is 18.2 Å². The van der Waals surface area contributed by atoms with Crippen LogP contribution in [0.1, 0.15) is 5.56 Å². The lowest BCUT2D eigenvalue weighted by molar-refractivity contribution is 0.415. The molecule has 2 aromatic rings. The van der Waals surface area contributed by atoms with Gasteiger partial charge >= 0.3 is 0 Å². The summed E-state index contributed by atoms with van der Waals surface area (Å²) in [6.07, 6.45) is 0. The van der Waals surface area contributed by atoms with Crippen LogP contribution in [0.5, 0.6) is 5.75 Å². The Kier molecular flexibility index (Phi) is 3.09. The first-order valence-electron chi connectivity index (χ1n) is 5.20. The second kappa shape index (κ2) is 4.69. The third kappa shape index (κ3) is 2.63. The van der Waals surface area contributed by atoms with E-state index in [1.807, 2.05) is 37.3 Å². The van der Waals surface area contributed by atoms with Crippen LogP contribution in [0, 0.1) is 6.92 Å². The van der Waals surface area contributed by atoms with Gasteiger partial charge < -0.3 is 15.8 Å². The molecule has 0 bridgehead atoms. The van der Waals surface area contributed by atoms with E-state index >= 15 is 0 Å². The average Bonchev–Trinajstić information content (AvgIpc) is 2.34. The lowest BCUT2D eigenvalue weighted by Crippen LogP contribution is -2.01. The molecular weight excluding hydrogens is 216 g/mol. The molecule has 0 aliphatic heterocycles. The number of methoxy groups -OCH3 is 1. The molecule has 0 unspecified atom stereocenters. The van der Waals surface area contributed by atoms with E-state index in [0.29, 0.717) is 11.6 Å². The Morgan fingerprint density at radius 2 is 2.06 bits per heavy atom. The van der Waals surface area contributed by atoms with Crippen molar-refractivity contribution in [1.29, 1.82) is 0 Å². The number of aryl methyl sites for hydroxylation is 1. The largest absolute Gasteiger partial charge is 0.497 e. The number of rotatable bonds is 3. The number of nitrogens with two attached hydrogens (primary N) is 1. The van der Waals surface area contributed by atoms with Crippen molar-refractivity contribution in [1.82, 2.24) is 10.2 Å². The molecule has 88 valence electrons. The van der Waals surface area contributed by atoms with Crippen LogP contribution in [0.25, 0.3) is 0 Å². The molecule has 0 fully saturated rings. The Bertz CT molecular complexity index is 528. The number of aromatic nitrogens is 2. The maximum absolute atomic E-state index is 5.61. The molecule has 17 heavy (non-hydrogen) atoms. The Labute approximate surface area is 99.6 Å². The Hall–Kier alpha value is -2.30. The third-order valence-electron chi connectivity index (χ3n) is 2.36. The number of nitrogens with one attached hydrogen (secondary N) is 1. The van der Waals surface area contributed by atoms with E-state index < -0.39 is 0 Å². The SMILES string of the molecule is COc1cccc(Nc2cc(C)c(N)nn2)c1. The predicted octanol–water partition coefficient (Wildman–Crippen LogP) is 2.12. The van der Waals surface area contributed by atoms with Gasteiger partial charge in [0.05, 0.1) is 7.11 Å². The summed E-state index contributed by atoms with van der Waals surface area (Å²) in [5.74, 6) is 1.89. The molecule has 1 aromatic carbocycles. The zero-order chi connectivity index (χ0) is 12.3. The van der Waals surface area contributed by atoms with Crippen molar-refractivity contribution in [3.8, 4) is 5.75 Å². The number of nitrogens with zero attached hydrogens (tertiary/aromatic N) is 2. The van der Waals surface area contributed by atoms with Crippen LogP contribution in [0.4, 0.5) is 17.3 Å². The van der Waals surface area contributed by atoms with E-state index in [1.54, 1.807) is 7.11 Å². The molecule has 0 radical (unpaired) electrons. The summed E-state index contributed by atoms with van der Waals surface area (Å²) in [6, 6.07) is 9.44. The van der Waals surface area contributed by atoms with Gasteiger partial charge in [-0.05, 0) is 30.7 Å². The highest BCUT2D eigenvalue weighted by molar-refractivity contribution is 5.59. The lowest BCUT2D eigenvalue weighted by Gasteiger charge is -2.07. The average molecular weight is 230 g/mol. The molecule has 1 aromatic heterocycles. The van der Waals surface area contributed by atoms with Crippen LogP contribution in [-0.2, 0) is 0 Å². The van der Waals surface area contributed by atoms with Crippen molar-refractivity contribution in [2.45, 2.75) is 6.92 Å². The first-order valence-corrected chi connectivity index (χ1v) is 5.20. The summed E-state index contributed by atoms with van der Waals surface area (Å²) >= 11 is 0. The summed E-state index contributed by atoms with van der Waals surface area (Å²) in [4.78, 5) is 0. The molecule has 5 nitrogen and oxygen atoms in total. The van der Waals surface area contributed by atoms with E-state index in [1.165, 1.54) is 0 Å². The number of hydrogen-bond donors (Lipinski definition) is 2. The van der Waals surface area contributed by atoms with Crippen LogP contribution in [0.15, 0.2) is 30.3 Å². The number of ether oxygens (including phenoxy) is 1. The van der Waals surface area contributed by atoms with Gasteiger partial charge in [-0.25, -0.2) is 0 Å². The van der Waals surface area contributed by atoms with Gasteiger partial charge in [-0.2, -0.15) is 0 Å². The smallest absolute Gasteiger partial charge is 0.153 e. The number of hydrogen-bond acceptors (Lipinski definition) is 5. The minimum atomic E-state index is 0.446. The van der Waals surface area contributed by atoms with E-state index in [-0.39, 0.29) is 0 Å². The fourth-order valence-corrected chi connectivity index (χ4v) is 1.40. The summed E-state index contributed by atoms with van der Waals surface area (Å²) in [6.45, 7) is 1.89. The first kappa shape index (κ1) is 11.2. The van der Waals surface area contributed by atoms with E-state index in [9.17, 15) is 0 Å². The van der Waals surface area contributed by atoms with E-state index in [0.717, 1.165) is 17.0 Å². The summed E-state index contributed by atoms with van der Waals surface area (Å²) < 4.78 is 5.14. The molecule has 5 heteroatoms. The second-order valence-corrected chi connectivity index (χ2v) is 3.65. The molecule has 2 rings (SSSR count). The van der Waals surface area contributed by atoms with Crippen LogP contribution in [0.3, 0.4) is 0 Å².